The molecule has 1 unspecified atom stereocenters. The van der Waals surface area contributed by atoms with Crippen LogP contribution in [-0.2, 0) is 19.6 Å². The Morgan fingerprint density at radius 3 is 1.37 bits per heavy atom. The Morgan fingerprint density at radius 2 is 1.00 bits per heavy atom. The normalized spacial score (nSPS) is 12.0. The molecule has 43 heavy (non-hydrogen) atoms. The fourth-order valence-corrected chi connectivity index (χ4v) is 5.85. The second-order valence-corrected chi connectivity index (χ2v) is 13.0. The molecular formula is C34H57NaO7S. The monoisotopic (exact) mass is 632 g/mol. The summed E-state index contributed by atoms with van der Waals surface area (Å²) in [5, 5.41) is 0. The molecule has 1 aromatic carbocycles. The molecule has 1 rings (SSSR count). The Kier molecular flexibility index (Phi) is 26.8. The molecule has 0 aromatic heterocycles. The fourth-order valence-electron chi connectivity index (χ4n) is 5.12. The van der Waals surface area contributed by atoms with Crippen molar-refractivity contribution in [1.29, 1.82) is 0 Å². The van der Waals surface area contributed by atoms with Gasteiger partial charge in [-0.1, -0.05) is 154 Å². The summed E-state index contributed by atoms with van der Waals surface area (Å²) in [5.74, 6) is -1.70. The zero-order chi connectivity index (χ0) is 30.9. The molecule has 1 aromatic rings. The molecule has 7 nitrogen and oxygen atoms in total. The molecule has 9 heteroatoms. The zero-order valence-electron chi connectivity index (χ0n) is 27.4. The van der Waals surface area contributed by atoms with Crippen molar-refractivity contribution >= 4 is 22.1 Å². The van der Waals surface area contributed by atoms with Crippen molar-refractivity contribution in [1.82, 2.24) is 0 Å². The van der Waals surface area contributed by atoms with Gasteiger partial charge in [0.25, 0.3) is 0 Å². The van der Waals surface area contributed by atoms with Gasteiger partial charge in [-0.25, -0.2) is 18.0 Å². The molecule has 0 fully saturated rings. The van der Waals surface area contributed by atoms with E-state index in [9.17, 15) is 22.6 Å². The first kappa shape index (κ1) is 42.1. The number of carbonyl (C=O) groups is 2. The number of unbranched alkanes of at least 4 members (excludes halogenated alkanes) is 19. The molecule has 0 aliphatic rings. The molecule has 242 valence electrons. The van der Waals surface area contributed by atoms with Gasteiger partial charge in [-0.05, 0) is 25.0 Å². The van der Waals surface area contributed by atoms with Crippen LogP contribution in [0.15, 0.2) is 24.3 Å². The Bertz CT molecular complexity index is 952. The van der Waals surface area contributed by atoms with Crippen LogP contribution >= 0.6 is 0 Å². The van der Waals surface area contributed by atoms with Crippen LogP contribution in [0.2, 0.25) is 0 Å². The quantitative estimate of drug-likeness (QED) is 0.0471. The number of hydrogen-bond acceptors (Lipinski definition) is 7. The Balaban J connectivity index is 0.0000176. The number of ether oxygens (including phenoxy) is 2. The standard InChI is InChI=1S/C34H58O7S.Na/c1-3-5-6-7-8-9-10-11-12-13-14-15-16-17-18-19-20-21-22-25-29-40-33(35)30-27-23-24-28-31(30)34(36)41-32(26-4-2)42(37,38)39;/h23-24,27-28,32H,3-22,25-26,29H2,1-2H3,(H,37,38,39);/q;+1/p-1. The number of carbonyl (C=O) groups excluding carboxylic acids is 2. The van der Waals surface area contributed by atoms with Crippen molar-refractivity contribution in [3.63, 3.8) is 0 Å². The molecule has 0 amide bonds. The van der Waals surface area contributed by atoms with Crippen LogP contribution < -0.4 is 29.6 Å². The average Bonchev–Trinajstić information content (AvgIpc) is 2.97. The molecule has 0 radical (unpaired) electrons. The first-order valence-electron chi connectivity index (χ1n) is 16.7. The molecule has 0 heterocycles. The summed E-state index contributed by atoms with van der Waals surface area (Å²) in [6.07, 6.45) is 26.2. The van der Waals surface area contributed by atoms with Gasteiger partial charge >= 0.3 is 41.5 Å². The Labute approximate surface area is 284 Å². The molecule has 0 N–H and O–H groups in total. The van der Waals surface area contributed by atoms with Gasteiger partial charge in [0.1, 0.15) is 10.1 Å². The third kappa shape index (κ3) is 21.4. The summed E-state index contributed by atoms with van der Waals surface area (Å²) in [4.78, 5) is 25.1. The van der Waals surface area contributed by atoms with Crippen LogP contribution in [0.5, 0.6) is 0 Å². The van der Waals surface area contributed by atoms with Crippen LogP contribution in [0.4, 0.5) is 0 Å². The van der Waals surface area contributed by atoms with Gasteiger partial charge in [0.2, 0.25) is 0 Å². The first-order chi connectivity index (χ1) is 20.3. The van der Waals surface area contributed by atoms with E-state index in [1.54, 1.807) is 13.0 Å². The third-order valence-electron chi connectivity index (χ3n) is 7.68. The molecule has 0 saturated heterocycles. The van der Waals surface area contributed by atoms with E-state index in [2.05, 4.69) is 6.92 Å². The van der Waals surface area contributed by atoms with Crippen LogP contribution in [0.1, 0.15) is 176 Å². The molecular weight excluding hydrogens is 575 g/mol. The summed E-state index contributed by atoms with van der Waals surface area (Å²) in [7, 11) is -4.81. The van der Waals surface area contributed by atoms with Gasteiger partial charge in [0.05, 0.1) is 17.7 Å². The van der Waals surface area contributed by atoms with Crippen LogP contribution in [0.25, 0.3) is 0 Å². The zero-order valence-corrected chi connectivity index (χ0v) is 30.2. The minimum atomic E-state index is -4.81. The summed E-state index contributed by atoms with van der Waals surface area (Å²) in [6.45, 7) is 4.19. The average molecular weight is 633 g/mol. The minimum absolute atomic E-state index is 0. The molecule has 0 aliphatic heterocycles. The predicted molar refractivity (Wildman–Crippen MR) is 169 cm³/mol. The van der Waals surface area contributed by atoms with Crippen molar-refractivity contribution < 1.29 is 61.6 Å². The summed E-state index contributed by atoms with van der Waals surface area (Å²) in [6, 6.07) is 5.90. The SMILES string of the molecule is CCCCCCCCCCCCCCCCCCCCCCOC(=O)c1ccccc1C(=O)OC(CCC)S(=O)(=O)[O-].[Na+]. The van der Waals surface area contributed by atoms with Gasteiger partial charge in [0, 0.05) is 0 Å². The van der Waals surface area contributed by atoms with Crippen LogP contribution in [0, 0.1) is 0 Å². The van der Waals surface area contributed by atoms with Gasteiger partial charge in [-0.15, -0.1) is 0 Å². The second kappa shape index (κ2) is 27.4. The van der Waals surface area contributed by atoms with E-state index in [1.165, 1.54) is 127 Å². The molecule has 0 saturated carbocycles. The van der Waals surface area contributed by atoms with Gasteiger partial charge in [-0.3, -0.25) is 0 Å². The minimum Gasteiger partial charge on any atom is -0.745 e. The van der Waals surface area contributed by atoms with Crippen molar-refractivity contribution in [3.8, 4) is 0 Å². The van der Waals surface area contributed by atoms with Gasteiger partial charge in [0.15, 0.2) is 5.44 Å². The van der Waals surface area contributed by atoms with E-state index < -0.39 is 27.5 Å². The number of benzene rings is 1. The third-order valence-corrected chi connectivity index (χ3v) is 8.66. The van der Waals surface area contributed by atoms with Gasteiger partial charge < -0.3 is 14.0 Å². The number of rotatable bonds is 27. The summed E-state index contributed by atoms with van der Waals surface area (Å²) >= 11 is 0. The van der Waals surface area contributed by atoms with E-state index in [0.29, 0.717) is 6.42 Å². The maximum Gasteiger partial charge on any atom is 1.00 e. The van der Waals surface area contributed by atoms with Crippen LogP contribution in [-0.4, -0.2) is 37.0 Å². The van der Waals surface area contributed by atoms with Gasteiger partial charge in [-0.2, -0.15) is 0 Å². The van der Waals surface area contributed by atoms with Crippen molar-refractivity contribution in [2.24, 2.45) is 0 Å². The van der Waals surface area contributed by atoms with E-state index in [0.717, 1.165) is 19.3 Å². The maximum atomic E-state index is 12.6. The topological polar surface area (TPSA) is 110 Å². The number of esters is 2. The van der Waals surface area contributed by atoms with E-state index in [-0.39, 0.29) is 53.7 Å². The fraction of sp³-hybridized carbons (Fsp3) is 0.765. The van der Waals surface area contributed by atoms with E-state index in [4.69, 9.17) is 9.47 Å². The smallest absolute Gasteiger partial charge is 0.745 e. The van der Waals surface area contributed by atoms with Crippen molar-refractivity contribution in [3.05, 3.63) is 35.4 Å². The predicted octanol–water partition coefficient (Wildman–Crippen LogP) is 6.50. The van der Waals surface area contributed by atoms with Crippen LogP contribution in [0.3, 0.4) is 0 Å². The largest absolute Gasteiger partial charge is 1.00 e. The Morgan fingerprint density at radius 1 is 0.628 bits per heavy atom. The summed E-state index contributed by atoms with van der Waals surface area (Å²) < 4.78 is 44.5. The second-order valence-electron chi connectivity index (χ2n) is 11.5. The van der Waals surface area contributed by atoms with E-state index in [1.807, 2.05) is 0 Å². The molecule has 0 spiro atoms. The molecule has 0 aliphatic carbocycles. The number of hydrogen-bond donors (Lipinski definition) is 0. The van der Waals surface area contributed by atoms with E-state index >= 15 is 0 Å². The van der Waals surface area contributed by atoms with Crippen molar-refractivity contribution in [2.75, 3.05) is 6.61 Å². The van der Waals surface area contributed by atoms with Crippen molar-refractivity contribution in [2.45, 2.75) is 161 Å². The first-order valence-corrected chi connectivity index (χ1v) is 18.2. The summed E-state index contributed by atoms with van der Waals surface area (Å²) in [5.41, 5.74) is -1.90. The molecule has 0 bridgehead atoms. The Hall–Kier alpha value is -0.930. The maximum absolute atomic E-state index is 12.6. The molecule has 1 atom stereocenters.